The smallest absolute Gasteiger partial charge is 0.123 e. The molecule has 0 fully saturated rings. The van der Waals surface area contributed by atoms with Crippen LogP contribution in [-0.2, 0) is 6.42 Å². The quantitative estimate of drug-likeness (QED) is 0.720. The molecule has 0 atom stereocenters. The molecule has 68 valence electrons. The molecule has 1 aromatic heterocycles. The molecule has 0 saturated heterocycles. The molecule has 0 radical (unpaired) electrons. The van der Waals surface area contributed by atoms with Crippen LogP contribution in [-0.4, -0.2) is 19.8 Å². The third-order valence-corrected chi connectivity index (χ3v) is 3.53. The average Bonchev–Trinajstić information content (AvgIpc) is 2.35. The summed E-state index contributed by atoms with van der Waals surface area (Å²) >= 11 is 0. The summed E-state index contributed by atoms with van der Waals surface area (Å²) in [4.78, 5) is 0. The van der Waals surface area contributed by atoms with Crippen LogP contribution >= 0.6 is 0 Å². The highest BCUT2D eigenvalue weighted by molar-refractivity contribution is 6.87. The molecule has 1 heterocycles. The lowest BCUT2D eigenvalue weighted by molar-refractivity contribution is 0.299. The highest BCUT2D eigenvalue weighted by Gasteiger charge is 2.20. The average molecular weight is 184 g/mol. The van der Waals surface area contributed by atoms with Crippen molar-refractivity contribution in [2.24, 2.45) is 0 Å². The van der Waals surface area contributed by atoms with Crippen molar-refractivity contribution in [2.75, 3.05) is 6.61 Å². The Morgan fingerprint density at radius 1 is 1.42 bits per heavy atom. The largest absolute Gasteiger partial charge is 0.474 e. The zero-order chi connectivity index (χ0) is 9.19. The number of hydrogen-bond acceptors (Lipinski definition) is 2. The number of aliphatic hydroxyl groups excluding tert-OH is 1. The standard InChI is InChI=1S/C9H16O2Si/c1-12(2,3)9-6-8(4-5-10)7-11-9/h6-7,10H,4-5H2,1-3H3. The van der Waals surface area contributed by atoms with Crippen LogP contribution in [0.3, 0.4) is 0 Å². The summed E-state index contributed by atoms with van der Waals surface area (Å²) in [7, 11) is -1.29. The van der Waals surface area contributed by atoms with Crippen molar-refractivity contribution in [1.82, 2.24) is 0 Å². The molecule has 0 unspecified atom stereocenters. The first kappa shape index (κ1) is 9.54. The Labute approximate surface area is 74.2 Å². The summed E-state index contributed by atoms with van der Waals surface area (Å²) < 4.78 is 5.43. The van der Waals surface area contributed by atoms with Crippen molar-refractivity contribution in [1.29, 1.82) is 0 Å². The second kappa shape index (κ2) is 3.45. The molecule has 0 aliphatic rings. The highest BCUT2D eigenvalue weighted by atomic mass is 28.3. The zero-order valence-corrected chi connectivity index (χ0v) is 8.92. The normalized spacial score (nSPS) is 12.0. The van der Waals surface area contributed by atoms with E-state index in [1.807, 2.05) is 0 Å². The second-order valence-corrected chi connectivity index (χ2v) is 9.04. The fourth-order valence-electron chi connectivity index (χ4n) is 1.03. The molecule has 0 spiro atoms. The summed E-state index contributed by atoms with van der Waals surface area (Å²) in [6.45, 7) is 6.93. The molecule has 1 N–H and O–H groups in total. The van der Waals surface area contributed by atoms with Crippen molar-refractivity contribution < 1.29 is 9.52 Å². The van der Waals surface area contributed by atoms with Crippen molar-refractivity contribution in [3.63, 3.8) is 0 Å². The van der Waals surface area contributed by atoms with E-state index in [0.717, 1.165) is 10.9 Å². The first-order chi connectivity index (χ1) is 5.54. The van der Waals surface area contributed by atoms with Crippen molar-refractivity contribution in [2.45, 2.75) is 26.1 Å². The molecule has 0 saturated carbocycles. The van der Waals surface area contributed by atoms with Gasteiger partial charge in [-0.25, -0.2) is 0 Å². The fraction of sp³-hybridized carbons (Fsp3) is 0.556. The third kappa shape index (κ3) is 2.22. The highest BCUT2D eigenvalue weighted by Crippen LogP contribution is 2.06. The Morgan fingerprint density at radius 2 is 2.08 bits per heavy atom. The molecular formula is C9H16O2Si. The van der Waals surface area contributed by atoms with E-state index in [2.05, 4.69) is 25.7 Å². The fourth-order valence-corrected chi connectivity index (χ4v) is 2.06. The predicted octanol–water partition coefficient (Wildman–Crippen LogP) is 1.36. The number of rotatable bonds is 3. The van der Waals surface area contributed by atoms with Crippen LogP contribution in [0.1, 0.15) is 5.56 Å². The number of hydrogen-bond donors (Lipinski definition) is 1. The van der Waals surface area contributed by atoms with Gasteiger partial charge in [-0.15, -0.1) is 0 Å². The Hall–Kier alpha value is -0.543. The molecule has 1 aromatic rings. The van der Waals surface area contributed by atoms with Crippen LogP contribution in [0.25, 0.3) is 0 Å². The molecule has 0 aromatic carbocycles. The topological polar surface area (TPSA) is 33.4 Å². The maximum absolute atomic E-state index is 8.70. The van der Waals surface area contributed by atoms with Gasteiger partial charge in [0, 0.05) is 6.61 Å². The minimum atomic E-state index is -1.29. The van der Waals surface area contributed by atoms with Crippen LogP contribution in [0.5, 0.6) is 0 Å². The van der Waals surface area contributed by atoms with E-state index in [1.165, 1.54) is 0 Å². The summed E-state index contributed by atoms with van der Waals surface area (Å²) in [5.41, 5.74) is 1.11. The SMILES string of the molecule is C[Si](C)(C)c1cc(CCO)co1. The van der Waals surface area contributed by atoms with Crippen LogP contribution in [0.15, 0.2) is 16.7 Å². The van der Waals surface area contributed by atoms with Gasteiger partial charge in [0.15, 0.2) is 0 Å². The van der Waals surface area contributed by atoms with Gasteiger partial charge in [-0.1, -0.05) is 19.6 Å². The maximum atomic E-state index is 8.70. The minimum Gasteiger partial charge on any atom is -0.474 e. The Kier molecular flexibility index (Phi) is 2.75. The van der Waals surface area contributed by atoms with Crippen LogP contribution in [0.2, 0.25) is 19.6 Å². The molecule has 0 amide bonds. The van der Waals surface area contributed by atoms with Crippen LogP contribution in [0, 0.1) is 0 Å². The molecule has 2 nitrogen and oxygen atoms in total. The molecule has 1 rings (SSSR count). The second-order valence-electron chi connectivity index (χ2n) is 4.04. The van der Waals surface area contributed by atoms with E-state index in [-0.39, 0.29) is 6.61 Å². The summed E-state index contributed by atoms with van der Waals surface area (Å²) in [5.74, 6) is 0. The lowest BCUT2D eigenvalue weighted by Crippen LogP contribution is -2.36. The van der Waals surface area contributed by atoms with Crippen LogP contribution in [0.4, 0.5) is 0 Å². The van der Waals surface area contributed by atoms with E-state index in [0.29, 0.717) is 6.42 Å². The third-order valence-electron chi connectivity index (χ3n) is 1.79. The minimum absolute atomic E-state index is 0.199. The van der Waals surface area contributed by atoms with Crippen LogP contribution < -0.4 is 5.38 Å². The molecule has 3 heteroatoms. The molecule has 0 aliphatic heterocycles. The monoisotopic (exact) mass is 184 g/mol. The van der Waals surface area contributed by atoms with Gasteiger partial charge < -0.3 is 9.52 Å². The molecule has 0 bridgehead atoms. The van der Waals surface area contributed by atoms with E-state index < -0.39 is 8.07 Å². The van der Waals surface area contributed by atoms with Gasteiger partial charge >= 0.3 is 0 Å². The van der Waals surface area contributed by atoms with E-state index in [1.54, 1.807) is 6.26 Å². The van der Waals surface area contributed by atoms with E-state index in [4.69, 9.17) is 9.52 Å². The van der Waals surface area contributed by atoms with Gasteiger partial charge in [-0.05, 0) is 18.1 Å². The van der Waals surface area contributed by atoms with Gasteiger partial charge in [-0.3, -0.25) is 0 Å². The van der Waals surface area contributed by atoms with Crippen molar-refractivity contribution in [3.05, 3.63) is 17.9 Å². The maximum Gasteiger partial charge on any atom is 0.123 e. The van der Waals surface area contributed by atoms with Gasteiger partial charge in [-0.2, -0.15) is 0 Å². The Morgan fingerprint density at radius 3 is 2.50 bits per heavy atom. The lowest BCUT2D eigenvalue weighted by Gasteiger charge is -2.10. The summed E-state index contributed by atoms with van der Waals surface area (Å²) in [6, 6.07) is 2.07. The molecule has 12 heavy (non-hydrogen) atoms. The first-order valence-electron chi connectivity index (χ1n) is 4.23. The van der Waals surface area contributed by atoms with E-state index >= 15 is 0 Å². The Balaban J connectivity index is 2.77. The van der Waals surface area contributed by atoms with Gasteiger partial charge in [0.25, 0.3) is 0 Å². The summed E-state index contributed by atoms with van der Waals surface area (Å²) in [5, 5.41) is 9.82. The summed E-state index contributed by atoms with van der Waals surface area (Å²) in [6.07, 6.45) is 2.46. The lowest BCUT2D eigenvalue weighted by atomic mass is 10.3. The molecule has 0 aliphatic carbocycles. The number of aliphatic hydroxyl groups is 1. The van der Waals surface area contributed by atoms with Crippen molar-refractivity contribution in [3.8, 4) is 0 Å². The first-order valence-corrected chi connectivity index (χ1v) is 7.73. The Bertz CT molecular complexity index is 247. The van der Waals surface area contributed by atoms with Gasteiger partial charge in [0.2, 0.25) is 0 Å². The van der Waals surface area contributed by atoms with Crippen molar-refractivity contribution >= 4 is 13.5 Å². The zero-order valence-electron chi connectivity index (χ0n) is 7.92. The van der Waals surface area contributed by atoms with Gasteiger partial charge in [0.05, 0.1) is 11.6 Å². The predicted molar refractivity (Wildman–Crippen MR) is 52.5 cm³/mol. The molecular weight excluding hydrogens is 168 g/mol. The number of furan rings is 1. The van der Waals surface area contributed by atoms with E-state index in [9.17, 15) is 0 Å². The van der Waals surface area contributed by atoms with Gasteiger partial charge in [0.1, 0.15) is 8.07 Å².